The summed E-state index contributed by atoms with van der Waals surface area (Å²) in [6.07, 6.45) is 0. The molecule has 0 amide bonds. The second kappa shape index (κ2) is 16.8. The monoisotopic (exact) mass is 295 g/mol. The summed E-state index contributed by atoms with van der Waals surface area (Å²) >= 11 is 0. The summed E-state index contributed by atoms with van der Waals surface area (Å²) in [5.74, 6) is 0. The first-order valence-corrected chi connectivity index (χ1v) is 0. The van der Waals surface area contributed by atoms with Gasteiger partial charge in [0.05, 0.1) is 0 Å². The summed E-state index contributed by atoms with van der Waals surface area (Å²) in [6, 6.07) is 0. The van der Waals surface area contributed by atoms with Crippen LogP contribution in [0, 0.1) is 39.9 Å². The number of hydrogen-bond acceptors (Lipinski definition) is 0. The standard InChI is InChI=1S/Al.Gd.H2O.Y.3H/h;;1H2;;;;. The Kier molecular flexibility index (Phi) is 119. The molecular weight excluding hydrogens is 289 g/mol. The van der Waals surface area contributed by atoms with E-state index in [0.29, 0.717) is 0 Å². The van der Waals surface area contributed by atoms with Crippen LogP contribution in [0.25, 0.3) is 0 Å². The van der Waals surface area contributed by atoms with Crippen LogP contribution in [0.4, 0.5) is 0 Å². The van der Waals surface area contributed by atoms with Gasteiger partial charge in [0.15, 0.2) is 17.4 Å². The molecule has 0 rings (SSSR count). The third kappa shape index (κ3) is 8.87. The molecule has 25 valence electrons. The maximum Gasteiger partial charge on any atom is 0.187 e. The molecular formula is H5AlGdOY. The molecule has 0 spiro atoms. The molecule has 0 bridgehead atoms. The van der Waals surface area contributed by atoms with Crippen molar-refractivity contribution in [2.24, 2.45) is 0 Å². The Bertz CT molecular complexity index is 8.00. The van der Waals surface area contributed by atoms with E-state index >= 15 is 0 Å². The van der Waals surface area contributed by atoms with Crippen LogP contribution in [0.5, 0.6) is 0 Å². The molecule has 0 aromatic carbocycles. The average Bonchev–Trinajstić information content (AvgIpc) is 0. The van der Waals surface area contributed by atoms with Crippen molar-refractivity contribution in [3.63, 3.8) is 0 Å². The van der Waals surface area contributed by atoms with Gasteiger partial charge in [-0.1, -0.05) is 0 Å². The van der Waals surface area contributed by atoms with Crippen LogP contribution in [0.15, 0.2) is 0 Å². The first-order valence-electron chi connectivity index (χ1n) is 0. The molecule has 0 saturated heterocycles. The minimum absolute atomic E-state index is 0. The van der Waals surface area contributed by atoms with Gasteiger partial charge >= 0.3 is 0 Å². The number of hydrogen-bond donors (Lipinski definition) is 0. The van der Waals surface area contributed by atoms with E-state index in [2.05, 4.69) is 0 Å². The van der Waals surface area contributed by atoms with Gasteiger partial charge in [0.1, 0.15) is 0 Å². The Hall–Kier alpha value is 2.92. The van der Waals surface area contributed by atoms with Gasteiger partial charge in [-0.05, 0) is 0 Å². The fraction of sp³-hybridized carbons (Fsp3) is 0. The van der Waals surface area contributed by atoms with Gasteiger partial charge in [0.25, 0.3) is 0 Å². The van der Waals surface area contributed by atoms with Gasteiger partial charge in [-0.15, -0.1) is 0 Å². The molecule has 1 nitrogen and oxygen atoms in total. The van der Waals surface area contributed by atoms with Crippen molar-refractivity contribution < 1.29 is 78.1 Å². The predicted octanol–water partition coefficient (Wildman–Crippen LogP) is -2.01. The summed E-state index contributed by atoms with van der Waals surface area (Å²) < 4.78 is 0. The molecule has 0 unspecified atom stereocenters. The maximum atomic E-state index is 0. The van der Waals surface area contributed by atoms with E-state index in [-0.39, 0.29) is 95.5 Å². The third-order valence-electron chi connectivity index (χ3n) is 0. The molecule has 4 heavy (non-hydrogen) atoms. The smallest absolute Gasteiger partial charge is 0.187 e. The van der Waals surface area contributed by atoms with Crippen LogP contribution >= 0.6 is 0 Å². The van der Waals surface area contributed by atoms with E-state index in [0.717, 1.165) is 0 Å². The Balaban J connectivity index is 0. The zero-order valence-electron chi connectivity index (χ0n) is 1.43. The van der Waals surface area contributed by atoms with Crippen LogP contribution < -0.4 is 0 Å². The molecule has 4 heteroatoms. The first-order chi connectivity index (χ1) is 0. The zero-order valence-corrected chi connectivity index (χ0v) is 6.54. The molecule has 0 aromatic heterocycles. The average molecular weight is 294 g/mol. The van der Waals surface area contributed by atoms with Crippen LogP contribution in [0.2, 0.25) is 0 Å². The molecule has 0 aromatic rings. The van der Waals surface area contributed by atoms with Crippen molar-refractivity contribution in [3.05, 3.63) is 0 Å². The summed E-state index contributed by atoms with van der Waals surface area (Å²) in [6.45, 7) is 0. The minimum Gasteiger partial charge on any atom is -0.412 e. The molecule has 1 radical (unpaired) electrons. The molecule has 0 aliphatic carbocycles. The van der Waals surface area contributed by atoms with Crippen LogP contribution in [0.3, 0.4) is 0 Å². The van der Waals surface area contributed by atoms with E-state index in [1.807, 2.05) is 0 Å². The van der Waals surface area contributed by atoms with Gasteiger partial charge < -0.3 is 5.48 Å². The van der Waals surface area contributed by atoms with Crippen molar-refractivity contribution in [2.45, 2.75) is 0 Å². The molecule has 0 aliphatic heterocycles. The van der Waals surface area contributed by atoms with E-state index < -0.39 is 0 Å². The van der Waals surface area contributed by atoms with Gasteiger partial charge in [-0.25, -0.2) is 0 Å². The molecule has 0 atom stereocenters. The van der Waals surface area contributed by atoms with Crippen LogP contribution in [-0.2, 0) is 32.7 Å². The normalized spacial score (nSPS) is 0. The SMILES string of the molecule is O.[AlH3].[Gd].[Y]. The second-order valence-electron chi connectivity index (χ2n) is 0. The Morgan fingerprint density at radius 2 is 1.00 bits per heavy atom. The molecule has 0 aliphatic rings. The van der Waals surface area contributed by atoms with Crippen molar-refractivity contribution in [1.82, 2.24) is 0 Å². The Labute approximate surface area is 93.3 Å². The first kappa shape index (κ1) is 28.4. The summed E-state index contributed by atoms with van der Waals surface area (Å²) in [5.41, 5.74) is 0. The van der Waals surface area contributed by atoms with Gasteiger partial charge in [-0.2, -0.15) is 0 Å². The van der Waals surface area contributed by atoms with E-state index in [4.69, 9.17) is 0 Å². The van der Waals surface area contributed by atoms with Gasteiger partial charge in [-0.3, -0.25) is 0 Å². The predicted molar refractivity (Wildman–Crippen MR) is 13.6 cm³/mol. The van der Waals surface area contributed by atoms with Gasteiger partial charge in [0, 0.05) is 72.6 Å². The number of rotatable bonds is 0. The Morgan fingerprint density at radius 1 is 1.00 bits per heavy atom. The van der Waals surface area contributed by atoms with Crippen molar-refractivity contribution in [2.75, 3.05) is 0 Å². The largest absolute Gasteiger partial charge is 0.412 e. The van der Waals surface area contributed by atoms with E-state index in [1.54, 1.807) is 0 Å². The van der Waals surface area contributed by atoms with Crippen LogP contribution in [0.1, 0.15) is 0 Å². The summed E-state index contributed by atoms with van der Waals surface area (Å²) in [7, 11) is 0. The van der Waals surface area contributed by atoms with Crippen molar-refractivity contribution in [1.29, 1.82) is 0 Å². The zero-order chi connectivity index (χ0) is 0. The van der Waals surface area contributed by atoms with Crippen molar-refractivity contribution >= 4 is 17.4 Å². The fourth-order valence-electron chi connectivity index (χ4n) is 0. The summed E-state index contributed by atoms with van der Waals surface area (Å²) in [4.78, 5) is 0. The second-order valence-corrected chi connectivity index (χ2v) is 0. The van der Waals surface area contributed by atoms with Gasteiger partial charge in [0.2, 0.25) is 0 Å². The maximum absolute atomic E-state index is 0. The fourth-order valence-corrected chi connectivity index (χ4v) is 0. The molecule has 2 N–H and O–H groups in total. The third-order valence-corrected chi connectivity index (χ3v) is 0. The molecule has 0 heterocycles. The quantitative estimate of drug-likeness (QED) is 0.463. The van der Waals surface area contributed by atoms with E-state index in [1.165, 1.54) is 0 Å². The van der Waals surface area contributed by atoms with Crippen molar-refractivity contribution in [3.8, 4) is 0 Å². The Morgan fingerprint density at radius 3 is 1.00 bits per heavy atom. The van der Waals surface area contributed by atoms with Crippen LogP contribution in [-0.4, -0.2) is 22.8 Å². The molecule has 0 saturated carbocycles. The topological polar surface area (TPSA) is 31.5 Å². The molecule has 0 fully saturated rings. The van der Waals surface area contributed by atoms with E-state index in [9.17, 15) is 0 Å². The minimum atomic E-state index is 0. The summed E-state index contributed by atoms with van der Waals surface area (Å²) in [5, 5.41) is 0.